The number of nitrogens with two attached hydrogens (primary N) is 1. The number of unbranched alkanes of at least 4 members (excludes halogenated alkanes) is 4. The molecule has 3 atom stereocenters. The summed E-state index contributed by atoms with van der Waals surface area (Å²) in [6.45, 7) is 4.25. The van der Waals surface area contributed by atoms with Crippen molar-refractivity contribution in [3.8, 4) is 22.6 Å². The largest absolute Gasteiger partial charge is 0.494 e. The smallest absolute Gasteiger partial charge is 0.249 e. The number of nitrogens with zero attached hydrogens (tertiary/aromatic N) is 3. The number of halogens is 3. The number of nitrogens with one attached hydrogen (secondary N) is 3. The van der Waals surface area contributed by atoms with Gasteiger partial charge in [0.05, 0.1) is 40.5 Å². The van der Waals surface area contributed by atoms with Crippen LogP contribution in [-0.4, -0.2) is 77.6 Å². The van der Waals surface area contributed by atoms with Crippen LogP contribution in [0.2, 0.25) is 5.02 Å². The second kappa shape index (κ2) is 19.8. The Morgan fingerprint density at radius 1 is 0.985 bits per heavy atom. The third-order valence-electron chi connectivity index (χ3n) is 13.6. The molecule has 8 rings (SSSR count). The number of anilines is 1. The number of hydrogen-bond donors (Lipinski definition) is 4. The number of carbonyl (C=O) groups is 4. The van der Waals surface area contributed by atoms with Crippen LogP contribution in [0, 0.1) is 11.6 Å². The number of carbonyl (C=O) groups excluding carboxylic acids is 4. The summed E-state index contributed by atoms with van der Waals surface area (Å²) in [7, 11) is 3.17. The van der Waals surface area contributed by atoms with Crippen molar-refractivity contribution in [2.75, 3.05) is 38.6 Å². The molecular weight excluding hydrogens is 868 g/mol. The number of primary amides is 1. The number of amides is 4. The number of ether oxygens (including phenoxy) is 2. The van der Waals surface area contributed by atoms with Gasteiger partial charge in [0, 0.05) is 86.2 Å². The number of para-hydroxylation sites is 1. The predicted molar refractivity (Wildman–Crippen MR) is 249 cm³/mol. The van der Waals surface area contributed by atoms with Gasteiger partial charge in [0.15, 0.2) is 17.2 Å². The molecule has 66 heavy (non-hydrogen) atoms. The average Bonchev–Trinajstić information content (AvgIpc) is 3.80. The summed E-state index contributed by atoms with van der Waals surface area (Å²) in [5.74, 6) is -3.95. The fourth-order valence-corrected chi connectivity index (χ4v) is 10.3. The summed E-state index contributed by atoms with van der Waals surface area (Å²) >= 11 is 6.67. The summed E-state index contributed by atoms with van der Waals surface area (Å²) in [5, 5.41) is 14.9. The molecule has 4 aromatic carbocycles. The van der Waals surface area contributed by atoms with Crippen LogP contribution in [0.1, 0.15) is 110 Å². The van der Waals surface area contributed by atoms with Crippen LogP contribution in [0.15, 0.2) is 66.7 Å². The first kappa shape index (κ1) is 46.5. The molecule has 4 amide bonds. The Labute approximate surface area is 387 Å². The second-order valence-corrected chi connectivity index (χ2v) is 18.0. The molecule has 13 nitrogen and oxygen atoms in total. The molecule has 0 radical (unpaired) electrons. The van der Waals surface area contributed by atoms with Crippen LogP contribution >= 0.6 is 11.6 Å². The van der Waals surface area contributed by atoms with Crippen molar-refractivity contribution in [1.82, 2.24) is 25.3 Å². The lowest BCUT2D eigenvalue weighted by Crippen LogP contribution is -2.50. The van der Waals surface area contributed by atoms with Gasteiger partial charge in [-0.05, 0) is 55.9 Å². The summed E-state index contributed by atoms with van der Waals surface area (Å²) in [6.07, 6.45) is 7.52. The number of rotatable bonds is 17. The number of benzene rings is 4. The lowest BCUT2D eigenvalue weighted by atomic mass is 9.77. The van der Waals surface area contributed by atoms with E-state index in [2.05, 4.69) is 21.0 Å². The molecule has 2 fully saturated rings. The number of aromatic nitrogens is 2. The first-order chi connectivity index (χ1) is 31.8. The number of piperidine rings is 2. The van der Waals surface area contributed by atoms with Gasteiger partial charge < -0.3 is 30.7 Å². The van der Waals surface area contributed by atoms with E-state index in [1.165, 1.54) is 25.3 Å². The number of fused-ring (bicyclic) bond motifs is 2. The molecular formula is C50H56ClF2N7O6. The van der Waals surface area contributed by atoms with Gasteiger partial charge >= 0.3 is 0 Å². The first-order valence-electron chi connectivity index (χ1n) is 22.8. The van der Waals surface area contributed by atoms with Crippen LogP contribution in [0.3, 0.4) is 0 Å². The molecule has 348 valence electrons. The van der Waals surface area contributed by atoms with Gasteiger partial charge in [0.1, 0.15) is 11.6 Å². The minimum Gasteiger partial charge on any atom is -0.494 e. The standard InChI is InChI=1S/C50H56ClF2N7O6/c1-29-41-38(27-35(52)44(51)43(41)42-32(48(54)63)18-20-37(65-3)45(42)53)66-50(29,30-13-8-7-9-14-30)28-56-31-22-25-60(26-23-31)40(62)17-10-5-4-6-11-24-55-36-16-12-15-33-46(58-59(2)47(33)36)34-19-21-39(61)57-49(34)64/h7-9,12-16,18,20,27,29,31,34,55-56H,4-6,10-11,17,19,21-26,28H2,1-3H3,(H2,54,63)(H,57,61,64). The zero-order chi connectivity index (χ0) is 46.7. The Balaban J connectivity index is 0.825. The van der Waals surface area contributed by atoms with Crippen LogP contribution in [0.4, 0.5) is 14.5 Å². The number of methoxy groups -OCH3 is 1. The molecule has 5 aromatic rings. The number of likely N-dealkylation sites (tertiary alicyclic amines) is 1. The molecule has 5 N–H and O–H groups in total. The molecule has 0 bridgehead atoms. The van der Waals surface area contributed by atoms with Crippen molar-refractivity contribution in [1.29, 1.82) is 0 Å². The third kappa shape index (κ3) is 9.07. The van der Waals surface area contributed by atoms with Crippen molar-refractivity contribution in [3.05, 3.63) is 106 Å². The van der Waals surface area contributed by atoms with E-state index < -0.39 is 35.0 Å². The molecule has 16 heteroatoms. The first-order valence-corrected chi connectivity index (χ1v) is 23.2. The van der Waals surface area contributed by atoms with E-state index in [1.807, 2.05) is 67.4 Å². The van der Waals surface area contributed by atoms with Crippen LogP contribution < -0.4 is 31.2 Å². The molecule has 1 aromatic heterocycles. The predicted octanol–water partition coefficient (Wildman–Crippen LogP) is 8.22. The third-order valence-corrected chi connectivity index (χ3v) is 14.0. The molecule has 4 heterocycles. The van der Waals surface area contributed by atoms with Crippen molar-refractivity contribution >= 4 is 51.8 Å². The highest BCUT2D eigenvalue weighted by molar-refractivity contribution is 6.34. The second-order valence-electron chi connectivity index (χ2n) is 17.6. The molecule has 3 aliphatic heterocycles. The van der Waals surface area contributed by atoms with E-state index in [9.17, 15) is 19.2 Å². The molecule has 0 spiro atoms. The summed E-state index contributed by atoms with van der Waals surface area (Å²) in [6, 6.07) is 19.4. The topological polar surface area (TPSA) is 170 Å². The van der Waals surface area contributed by atoms with E-state index in [-0.39, 0.29) is 57.0 Å². The maximum Gasteiger partial charge on any atom is 0.249 e. The fourth-order valence-electron chi connectivity index (χ4n) is 10.0. The summed E-state index contributed by atoms with van der Waals surface area (Å²) in [5.41, 5.74) is 8.06. The average molecular weight is 924 g/mol. The Hall–Kier alpha value is -6.06. The quantitative estimate of drug-likeness (QED) is 0.0530. The van der Waals surface area contributed by atoms with E-state index in [1.54, 1.807) is 4.68 Å². The summed E-state index contributed by atoms with van der Waals surface area (Å²) < 4.78 is 45.7. The van der Waals surface area contributed by atoms with Crippen molar-refractivity contribution in [2.24, 2.45) is 12.8 Å². The minimum absolute atomic E-state index is 0.00884. The van der Waals surface area contributed by atoms with Crippen molar-refractivity contribution < 1.29 is 37.4 Å². The highest BCUT2D eigenvalue weighted by Crippen LogP contribution is 2.56. The number of hydrogen-bond acceptors (Lipinski definition) is 9. The van der Waals surface area contributed by atoms with E-state index in [0.717, 1.165) is 73.6 Å². The number of imide groups is 1. The van der Waals surface area contributed by atoms with Gasteiger partial charge in [0.2, 0.25) is 23.6 Å². The maximum atomic E-state index is 16.2. The van der Waals surface area contributed by atoms with Crippen LogP contribution in [-0.2, 0) is 27.0 Å². The van der Waals surface area contributed by atoms with Crippen LogP contribution in [0.25, 0.3) is 22.0 Å². The van der Waals surface area contributed by atoms with Crippen LogP contribution in [0.5, 0.6) is 11.5 Å². The normalized spacial score (nSPS) is 19.7. The van der Waals surface area contributed by atoms with Gasteiger partial charge in [-0.3, -0.25) is 29.2 Å². The fraction of sp³-hybridized carbons (Fsp3) is 0.420. The lowest BCUT2D eigenvalue weighted by molar-refractivity contribution is -0.134. The Bertz CT molecular complexity index is 2650. The van der Waals surface area contributed by atoms with Crippen molar-refractivity contribution in [3.63, 3.8) is 0 Å². The molecule has 3 aliphatic rings. The minimum atomic E-state index is -1.07. The summed E-state index contributed by atoms with van der Waals surface area (Å²) in [4.78, 5) is 52.1. The van der Waals surface area contributed by atoms with Gasteiger partial charge in [-0.15, -0.1) is 0 Å². The highest BCUT2D eigenvalue weighted by atomic mass is 35.5. The zero-order valence-corrected chi connectivity index (χ0v) is 38.2. The highest BCUT2D eigenvalue weighted by Gasteiger charge is 2.50. The SMILES string of the molecule is COc1ccc(C(N)=O)c(-c2c(Cl)c(F)cc3c2C(C)C(CNC2CCN(C(=O)CCCCCCCNc4cccc5c(C6CCC(=O)NC6=O)nn(C)c45)CC2)(c2ccccc2)O3)c1F. The van der Waals surface area contributed by atoms with Crippen molar-refractivity contribution in [2.45, 2.75) is 94.6 Å². The van der Waals surface area contributed by atoms with E-state index in [4.69, 9.17) is 26.8 Å². The monoisotopic (exact) mass is 923 g/mol. The Morgan fingerprint density at radius 3 is 2.45 bits per heavy atom. The molecule has 2 saturated heterocycles. The van der Waals surface area contributed by atoms with E-state index >= 15 is 8.78 Å². The Morgan fingerprint density at radius 2 is 1.73 bits per heavy atom. The molecule has 0 aliphatic carbocycles. The molecule has 0 saturated carbocycles. The lowest BCUT2D eigenvalue weighted by Gasteiger charge is -2.38. The van der Waals surface area contributed by atoms with Gasteiger partial charge in [-0.25, -0.2) is 8.78 Å². The van der Waals surface area contributed by atoms with Gasteiger partial charge in [-0.2, -0.15) is 5.10 Å². The molecule has 3 unspecified atom stereocenters. The van der Waals surface area contributed by atoms with E-state index in [0.29, 0.717) is 50.2 Å². The zero-order valence-electron chi connectivity index (χ0n) is 37.5. The van der Waals surface area contributed by atoms with Gasteiger partial charge in [0.25, 0.3) is 0 Å². The Kier molecular flexibility index (Phi) is 13.9. The number of aryl methyl sites for hydroxylation is 1. The van der Waals surface area contributed by atoms with Gasteiger partial charge in [-0.1, -0.05) is 80.3 Å². The maximum absolute atomic E-state index is 16.2.